The number of hydrogen-bond donors (Lipinski definition) is 2. The fraction of sp³-hybridized carbons (Fsp3) is 0.273. The number of hydrogen-bond acceptors (Lipinski definition) is 4. The number of halogens is 4. The second kappa shape index (κ2) is 4.35. The molecule has 0 saturated carbocycles. The van der Waals surface area contributed by atoms with E-state index in [9.17, 15) is 18.0 Å². The first-order valence-electron chi connectivity index (χ1n) is 5.30. The smallest absolute Gasteiger partial charge is 0.417 e. The Hall–Kier alpha value is -1.80. The quantitative estimate of drug-likeness (QED) is 0.888. The molecule has 0 unspecified atom stereocenters. The van der Waals surface area contributed by atoms with Crippen molar-refractivity contribution in [3.05, 3.63) is 28.6 Å². The molecule has 1 heterocycles. The summed E-state index contributed by atoms with van der Waals surface area (Å²) in [5, 5.41) is -0.537. The van der Waals surface area contributed by atoms with E-state index in [1.54, 1.807) is 0 Å². The van der Waals surface area contributed by atoms with Crippen molar-refractivity contribution < 1.29 is 22.4 Å². The second-order valence-corrected chi connectivity index (χ2v) is 4.79. The molecule has 0 aliphatic heterocycles. The van der Waals surface area contributed by atoms with Crippen LogP contribution in [0, 0.1) is 0 Å². The summed E-state index contributed by atoms with van der Waals surface area (Å²) in [7, 11) is 0. The Kier molecular flexibility index (Phi) is 3.18. The number of oxazole rings is 1. The van der Waals surface area contributed by atoms with Crippen LogP contribution in [0.4, 0.5) is 13.2 Å². The van der Waals surface area contributed by atoms with E-state index in [-0.39, 0.29) is 17.0 Å². The monoisotopic (exact) mass is 307 g/mol. The molecule has 20 heavy (non-hydrogen) atoms. The summed E-state index contributed by atoms with van der Waals surface area (Å²) in [5.41, 5.74) is 7.79. The lowest BCUT2D eigenvalue weighted by Gasteiger charge is -2.14. The van der Waals surface area contributed by atoms with E-state index in [2.05, 4.69) is 4.98 Å². The Morgan fingerprint density at radius 1 is 1.40 bits per heavy atom. The van der Waals surface area contributed by atoms with Crippen molar-refractivity contribution in [3.63, 3.8) is 0 Å². The number of rotatable bonds is 2. The van der Waals surface area contributed by atoms with Gasteiger partial charge in [-0.05, 0) is 13.0 Å². The summed E-state index contributed by atoms with van der Waals surface area (Å²) in [6.07, 6.45) is -4.62. The zero-order valence-electron chi connectivity index (χ0n) is 10.1. The maximum atomic E-state index is 12.7. The van der Waals surface area contributed by atoms with Crippen molar-refractivity contribution in [1.29, 1.82) is 0 Å². The maximum Gasteiger partial charge on any atom is 0.417 e. The first-order chi connectivity index (χ1) is 9.03. The number of nitrogens with two attached hydrogens (primary N) is 2. The van der Waals surface area contributed by atoms with Gasteiger partial charge in [0.1, 0.15) is 5.52 Å². The molecule has 1 atom stereocenters. The molecule has 0 bridgehead atoms. The number of aromatic nitrogens is 1. The fourth-order valence-corrected chi connectivity index (χ4v) is 1.75. The Morgan fingerprint density at radius 3 is 2.50 bits per heavy atom. The molecule has 0 spiro atoms. The van der Waals surface area contributed by atoms with Gasteiger partial charge in [-0.25, -0.2) is 4.98 Å². The minimum atomic E-state index is -4.62. The summed E-state index contributed by atoms with van der Waals surface area (Å²) >= 11 is 5.54. The molecule has 5 nitrogen and oxygen atoms in total. The molecular formula is C11H9ClF3N3O2. The maximum absolute atomic E-state index is 12.7. The lowest BCUT2D eigenvalue weighted by atomic mass is 10.0. The van der Waals surface area contributed by atoms with Gasteiger partial charge in [0, 0.05) is 6.07 Å². The standard InChI is InChI=1S/C11H9ClF3N3O2/c1-10(17,8(16)19)9-18-6-2-4(11(13,14)15)5(12)3-7(6)20-9/h2-3H,17H2,1H3,(H2,16,19)/t10-/m0/s1. The average Bonchev–Trinajstić information content (AvgIpc) is 2.69. The molecule has 1 aromatic carbocycles. The second-order valence-electron chi connectivity index (χ2n) is 4.38. The van der Waals surface area contributed by atoms with Gasteiger partial charge < -0.3 is 15.9 Å². The number of benzene rings is 1. The number of amides is 1. The van der Waals surface area contributed by atoms with E-state index in [4.69, 9.17) is 27.5 Å². The fourth-order valence-electron chi connectivity index (χ4n) is 1.49. The van der Waals surface area contributed by atoms with E-state index in [0.29, 0.717) is 0 Å². The van der Waals surface area contributed by atoms with Crippen LogP contribution in [0.25, 0.3) is 11.1 Å². The topological polar surface area (TPSA) is 95.1 Å². The van der Waals surface area contributed by atoms with E-state index in [1.807, 2.05) is 0 Å². The van der Waals surface area contributed by atoms with Crippen LogP contribution in [0.3, 0.4) is 0 Å². The van der Waals surface area contributed by atoms with Gasteiger partial charge in [0.25, 0.3) is 0 Å². The van der Waals surface area contributed by atoms with Gasteiger partial charge in [0.05, 0.1) is 10.6 Å². The molecular weight excluding hydrogens is 299 g/mol. The summed E-state index contributed by atoms with van der Waals surface area (Å²) in [6, 6.07) is 1.69. The van der Waals surface area contributed by atoms with E-state index < -0.39 is 28.2 Å². The molecule has 0 aliphatic carbocycles. The third-order valence-electron chi connectivity index (χ3n) is 2.74. The number of primary amides is 1. The summed E-state index contributed by atoms with van der Waals surface area (Å²) < 4.78 is 43.3. The molecule has 4 N–H and O–H groups in total. The van der Waals surface area contributed by atoms with E-state index in [0.717, 1.165) is 12.1 Å². The van der Waals surface area contributed by atoms with Crippen LogP contribution in [-0.2, 0) is 16.5 Å². The predicted octanol–water partition coefficient (Wildman–Crippen LogP) is 2.16. The summed E-state index contributed by atoms with van der Waals surface area (Å²) in [4.78, 5) is 15.0. The van der Waals surface area contributed by atoms with Crippen molar-refractivity contribution in [1.82, 2.24) is 4.98 Å². The lowest BCUT2D eigenvalue weighted by molar-refractivity contribution is -0.137. The van der Waals surface area contributed by atoms with Gasteiger partial charge in [-0.2, -0.15) is 13.2 Å². The van der Waals surface area contributed by atoms with Gasteiger partial charge in [-0.3, -0.25) is 4.79 Å². The SMILES string of the molecule is C[C@](N)(C(N)=O)c1nc2cc(C(F)(F)F)c(Cl)cc2o1. The van der Waals surface area contributed by atoms with Crippen molar-refractivity contribution in [3.8, 4) is 0 Å². The van der Waals surface area contributed by atoms with Crippen LogP contribution in [0.1, 0.15) is 18.4 Å². The van der Waals surface area contributed by atoms with Gasteiger partial charge in [0.2, 0.25) is 11.8 Å². The van der Waals surface area contributed by atoms with Crippen LogP contribution in [-0.4, -0.2) is 10.9 Å². The van der Waals surface area contributed by atoms with Gasteiger partial charge in [-0.1, -0.05) is 11.6 Å². The Morgan fingerprint density at radius 2 is 2.00 bits per heavy atom. The molecule has 108 valence electrons. The first kappa shape index (κ1) is 14.6. The van der Waals surface area contributed by atoms with Gasteiger partial charge in [0.15, 0.2) is 11.1 Å². The summed E-state index contributed by atoms with van der Waals surface area (Å²) in [5.74, 6) is -1.21. The van der Waals surface area contributed by atoms with Crippen molar-refractivity contribution in [2.45, 2.75) is 18.6 Å². The van der Waals surface area contributed by atoms with Crippen LogP contribution in [0.5, 0.6) is 0 Å². The lowest BCUT2D eigenvalue weighted by Crippen LogP contribution is -2.46. The van der Waals surface area contributed by atoms with E-state index >= 15 is 0 Å². The van der Waals surface area contributed by atoms with Crippen molar-refractivity contribution in [2.24, 2.45) is 11.5 Å². The highest BCUT2D eigenvalue weighted by molar-refractivity contribution is 6.32. The third kappa shape index (κ3) is 2.32. The molecule has 0 radical (unpaired) electrons. The molecule has 2 rings (SSSR count). The number of fused-ring (bicyclic) bond motifs is 1. The molecule has 0 aliphatic rings. The molecule has 2 aromatic rings. The molecule has 9 heteroatoms. The first-order valence-corrected chi connectivity index (χ1v) is 5.68. The largest absolute Gasteiger partial charge is 0.438 e. The molecule has 1 aromatic heterocycles. The Bertz CT molecular complexity index is 694. The molecule has 0 fully saturated rings. The minimum absolute atomic E-state index is 0.0177. The van der Waals surface area contributed by atoms with Crippen LogP contribution in [0.2, 0.25) is 5.02 Å². The highest BCUT2D eigenvalue weighted by atomic mass is 35.5. The van der Waals surface area contributed by atoms with E-state index in [1.165, 1.54) is 6.92 Å². The zero-order chi connectivity index (χ0) is 15.3. The summed E-state index contributed by atoms with van der Waals surface area (Å²) in [6.45, 7) is 1.24. The Labute approximate surface area is 115 Å². The van der Waals surface area contributed by atoms with Gasteiger partial charge >= 0.3 is 6.18 Å². The highest BCUT2D eigenvalue weighted by Gasteiger charge is 2.36. The van der Waals surface area contributed by atoms with Crippen LogP contribution in [0.15, 0.2) is 16.5 Å². The van der Waals surface area contributed by atoms with Crippen molar-refractivity contribution in [2.75, 3.05) is 0 Å². The van der Waals surface area contributed by atoms with Crippen LogP contribution < -0.4 is 11.5 Å². The normalized spacial score (nSPS) is 15.3. The predicted molar refractivity (Wildman–Crippen MR) is 64.8 cm³/mol. The number of carbonyl (C=O) groups is 1. The molecule has 1 amide bonds. The highest BCUT2D eigenvalue weighted by Crippen LogP contribution is 2.37. The minimum Gasteiger partial charge on any atom is -0.438 e. The molecule has 0 saturated heterocycles. The zero-order valence-corrected chi connectivity index (χ0v) is 10.8. The number of nitrogens with zero attached hydrogens (tertiary/aromatic N) is 1. The number of alkyl halides is 3. The third-order valence-corrected chi connectivity index (χ3v) is 3.05. The average molecular weight is 308 g/mol. The van der Waals surface area contributed by atoms with Gasteiger partial charge in [-0.15, -0.1) is 0 Å². The van der Waals surface area contributed by atoms with Crippen molar-refractivity contribution >= 4 is 28.6 Å². The van der Waals surface area contributed by atoms with Crippen LogP contribution >= 0.6 is 11.6 Å². The Balaban J connectivity index is 2.64. The number of carbonyl (C=O) groups excluding carboxylic acids is 1.